The number of hydrogen-bond acceptors (Lipinski definition) is 2. The largest absolute Gasteiger partial charge is 0.368 e. The fourth-order valence-electron chi connectivity index (χ4n) is 2.00. The molecule has 0 saturated carbocycles. The molecule has 98 valence electrons. The first-order valence-electron chi connectivity index (χ1n) is 5.65. The first-order valence-corrected chi connectivity index (χ1v) is 6.90. The van der Waals surface area contributed by atoms with Crippen LogP contribution in [0.1, 0.15) is 0 Å². The van der Waals surface area contributed by atoms with E-state index in [0.29, 0.717) is 18.1 Å². The van der Waals surface area contributed by atoms with Crippen LogP contribution >= 0.6 is 34.8 Å². The van der Waals surface area contributed by atoms with Crippen LogP contribution in [-0.4, -0.2) is 41.8 Å². The van der Waals surface area contributed by atoms with Crippen molar-refractivity contribution in [1.29, 1.82) is 0 Å². The smallest absolute Gasteiger partial charge is 0.255 e. The monoisotopic (exact) mass is 306 g/mol. The molecule has 1 aromatic carbocycles. The highest BCUT2D eigenvalue weighted by molar-refractivity contribution is 6.53. The van der Waals surface area contributed by atoms with Crippen LogP contribution in [0.25, 0.3) is 0 Å². The van der Waals surface area contributed by atoms with E-state index >= 15 is 0 Å². The van der Waals surface area contributed by atoms with Crippen molar-refractivity contribution < 1.29 is 4.79 Å². The molecule has 0 bridgehead atoms. The third kappa shape index (κ3) is 3.22. The van der Waals surface area contributed by atoms with Gasteiger partial charge in [-0.1, -0.05) is 40.9 Å². The predicted molar refractivity (Wildman–Crippen MR) is 75.7 cm³/mol. The molecule has 0 aromatic heterocycles. The minimum atomic E-state index is -0.970. The minimum Gasteiger partial charge on any atom is -0.368 e. The summed E-state index contributed by atoms with van der Waals surface area (Å²) < 4.78 is 0. The van der Waals surface area contributed by atoms with Gasteiger partial charge in [-0.15, -0.1) is 0 Å². The molecule has 1 aliphatic heterocycles. The van der Waals surface area contributed by atoms with E-state index in [1.165, 1.54) is 0 Å². The van der Waals surface area contributed by atoms with Crippen LogP contribution in [0.5, 0.6) is 0 Å². The Morgan fingerprint density at radius 1 is 1.17 bits per heavy atom. The molecule has 0 atom stereocenters. The number of alkyl halides is 2. The molecule has 1 aromatic rings. The Morgan fingerprint density at radius 2 is 1.83 bits per heavy atom. The highest BCUT2D eigenvalue weighted by atomic mass is 35.5. The van der Waals surface area contributed by atoms with Crippen molar-refractivity contribution in [3.8, 4) is 0 Å². The topological polar surface area (TPSA) is 23.6 Å². The van der Waals surface area contributed by atoms with Crippen molar-refractivity contribution in [2.24, 2.45) is 0 Å². The highest BCUT2D eigenvalue weighted by Crippen LogP contribution is 2.21. The molecule has 2 rings (SSSR count). The van der Waals surface area contributed by atoms with Gasteiger partial charge in [0.1, 0.15) is 0 Å². The first kappa shape index (κ1) is 13.8. The maximum Gasteiger partial charge on any atom is 0.255 e. The number of piperazine rings is 1. The first-order chi connectivity index (χ1) is 8.58. The highest BCUT2D eigenvalue weighted by Gasteiger charge is 2.24. The van der Waals surface area contributed by atoms with Crippen molar-refractivity contribution in [3.05, 3.63) is 29.3 Å². The summed E-state index contributed by atoms with van der Waals surface area (Å²) in [5.74, 6) is -0.218. The number of rotatable bonds is 2. The van der Waals surface area contributed by atoms with E-state index in [4.69, 9.17) is 34.8 Å². The Kier molecular flexibility index (Phi) is 4.60. The van der Waals surface area contributed by atoms with Gasteiger partial charge in [-0.3, -0.25) is 4.79 Å². The van der Waals surface area contributed by atoms with Crippen LogP contribution in [-0.2, 0) is 4.79 Å². The van der Waals surface area contributed by atoms with Crippen molar-refractivity contribution in [2.75, 3.05) is 31.1 Å². The number of nitrogens with zero attached hydrogens (tertiary/aromatic N) is 2. The Bertz CT molecular complexity index is 431. The van der Waals surface area contributed by atoms with Gasteiger partial charge in [0.05, 0.1) is 0 Å². The number of anilines is 1. The molecule has 18 heavy (non-hydrogen) atoms. The molecule has 1 saturated heterocycles. The van der Waals surface area contributed by atoms with E-state index < -0.39 is 4.84 Å². The van der Waals surface area contributed by atoms with Crippen LogP contribution in [0.2, 0.25) is 5.02 Å². The number of hydrogen-bond donors (Lipinski definition) is 0. The summed E-state index contributed by atoms with van der Waals surface area (Å²) in [6, 6.07) is 7.69. The average Bonchev–Trinajstić information content (AvgIpc) is 2.38. The van der Waals surface area contributed by atoms with E-state index in [1.807, 2.05) is 24.3 Å². The second kappa shape index (κ2) is 6.00. The summed E-state index contributed by atoms with van der Waals surface area (Å²) in [5, 5.41) is 0.715. The summed E-state index contributed by atoms with van der Waals surface area (Å²) >= 11 is 17.1. The summed E-state index contributed by atoms with van der Waals surface area (Å²) in [7, 11) is 0. The molecule has 1 amide bonds. The van der Waals surface area contributed by atoms with Crippen LogP contribution in [0.3, 0.4) is 0 Å². The summed E-state index contributed by atoms with van der Waals surface area (Å²) in [6.45, 7) is 2.77. The number of benzene rings is 1. The molecular weight excluding hydrogens is 295 g/mol. The quantitative estimate of drug-likeness (QED) is 0.785. The molecule has 0 radical (unpaired) electrons. The lowest BCUT2D eigenvalue weighted by molar-refractivity contribution is -0.129. The lowest BCUT2D eigenvalue weighted by Gasteiger charge is -2.36. The zero-order valence-electron chi connectivity index (χ0n) is 9.65. The van der Waals surface area contributed by atoms with Crippen molar-refractivity contribution in [2.45, 2.75) is 4.84 Å². The zero-order chi connectivity index (χ0) is 13.1. The maximum absolute atomic E-state index is 11.6. The molecule has 6 heteroatoms. The number of carbonyl (C=O) groups excluding carboxylic acids is 1. The van der Waals surface area contributed by atoms with Gasteiger partial charge < -0.3 is 9.80 Å². The lowest BCUT2D eigenvalue weighted by atomic mass is 10.2. The molecule has 0 N–H and O–H groups in total. The van der Waals surface area contributed by atoms with E-state index in [1.54, 1.807) is 4.90 Å². The fraction of sp³-hybridized carbons (Fsp3) is 0.417. The summed E-state index contributed by atoms with van der Waals surface area (Å²) in [6.07, 6.45) is 0. The number of halogens is 3. The Labute approximate surface area is 121 Å². The third-order valence-corrected chi connectivity index (χ3v) is 3.56. The van der Waals surface area contributed by atoms with Gasteiger partial charge in [0.15, 0.2) is 4.84 Å². The standard InChI is InChI=1S/C12H13Cl3N2O/c13-9-2-1-3-10(8-9)16-4-6-17(7-5-16)12(18)11(14)15/h1-3,8,11H,4-7H2. The van der Waals surface area contributed by atoms with Crippen LogP contribution < -0.4 is 4.90 Å². The van der Waals surface area contributed by atoms with Gasteiger partial charge in [-0.05, 0) is 18.2 Å². The Morgan fingerprint density at radius 3 is 2.39 bits per heavy atom. The van der Waals surface area contributed by atoms with Crippen molar-refractivity contribution >= 4 is 46.4 Å². The third-order valence-electron chi connectivity index (χ3n) is 2.95. The molecule has 1 aliphatic rings. The molecule has 1 heterocycles. The lowest BCUT2D eigenvalue weighted by Crippen LogP contribution is -2.50. The maximum atomic E-state index is 11.6. The normalized spacial score (nSPS) is 16.2. The Hall–Kier alpha value is -0.640. The van der Waals surface area contributed by atoms with E-state index in [-0.39, 0.29) is 5.91 Å². The van der Waals surface area contributed by atoms with E-state index in [0.717, 1.165) is 18.8 Å². The van der Waals surface area contributed by atoms with Crippen molar-refractivity contribution in [3.63, 3.8) is 0 Å². The zero-order valence-corrected chi connectivity index (χ0v) is 11.9. The molecule has 1 fully saturated rings. The second-order valence-corrected chi connectivity index (χ2v) is 5.63. The molecule has 3 nitrogen and oxygen atoms in total. The molecule has 0 unspecified atom stereocenters. The van der Waals surface area contributed by atoms with Gasteiger partial charge in [0, 0.05) is 36.9 Å². The van der Waals surface area contributed by atoms with Crippen LogP contribution in [0.15, 0.2) is 24.3 Å². The number of carbonyl (C=O) groups is 1. The van der Waals surface area contributed by atoms with Crippen molar-refractivity contribution in [1.82, 2.24) is 4.90 Å². The van der Waals surface area contributed by atoms with Gasteiger partial charge in [-0.25, -0.2) is 0 Å². The van der Waals surface area contributed by atoms with Gasteiger partial charge in [0.25, 0.3) is 5.91 Å². The molecular formula is C12H13Cl3N2O. The van der Waals surface area contributed by atoms with Gasteiger partial charge in [0.2, 0.25) is 0 Å². The number of amides is 1. The minimum absolute atomic E-state index is 0.218. The van der Waals surface area contributed by atoms with Gasteiger partial charge >= 0.3 is 0 Å². The van der Waals surface area contributed by atoms with Gasteiger partial charge in [-0.2, -0.15) is 0 Å². The fourth-order valence-corrected chi connectivity index (χ4v) is 2.46. The van der Waals surface area contributed by atoms with Crippen LogP contribution in [0.4, 0.5) is 5.69 Å². The molecule has 0 aliphatic carbocycles. The van der Waals surface area contributed by atoms with E-state index in [9.17, 15) is 4.79 Å². The van der Waals surface area contributed by atoms with Crippen LogP contribution in [0, 0.1) is 0 Å². The summed E-state index contributed by atoms with van der Waals surface area (Å²) in [5.41, 5.74) is 1.07. The predicted octanol–water partition coefficient (Wildman–Crippen LogP) is 2.79. The Balaban J connectivity index is 1.96. The average molecular weight is 308 g/mol. The van der Waals surface area contributed by atoms with E-state index in [2.05, 4.69) is 4.90 Å². The molecule has 0 spiro atoms. The summed E-state index contributed by atoms with van der Waals surface area (Å²) in [4.78, 5) is 14.5. The second-order valence-electron chi connectivity index (χ2n) is 4.09. The SMILES string of the molecule is O=C(C(Cl)Cl)N1CCN(c2cccc(Cl)c2)CC1.